The third-order valence-electron chi connectivity index (χ3n) is 11.4. The Balaban J connectivity index is 1.22. The zero-order valence-electron chi connectivity index (χ0n) is 40.1. The van der Waals surface area contributed by atoms with Crippen LogP contribution in [-0.2, 0) is 90.1 Å². The van der Waals surface area contributed by atoms with Crippen LogP contribution in [0, 0.1) is 0 Å². The predicted octanol–water partition coefficient (Wildman–Crippen LogP) is 11.1. The third-order valence-corrected chi connectivity index (χ3v) is 22.2. The van der Waals surface area contributed by atoms with Gasteiger partial charge in [0.1, 0.15) is 17.9 Å². The average Bonchev–Trinajstić information content (AvgIpc) is 3.74. The van der Waals surface area contributed by atoms with E-state index >= 15 is 4.57 Å². The largest absolute Gasteiger partial charge is 0.452 e. The fraction of sp³-hybridized carbons (Fsp3) is 0.275. The van der Waals surface area contributed by atoms with Crippen molar-refractivity contribution in [3.05, 3.63) is 214 Å². The molecule has 0 aliphatic carbocycles. The molecule has 6 atom stereocenters. The minimum atomic E-state index is -4.65. The van der Waals surface area contributed by atoms with Gasteiger partial charge in [-0.1, -0.05) is 127 Å². The van der Waals surface area contributed by atoms with Crippen molar-refractivity contribution in [1.29, 1.82) is 0 Å². The van der Waals surface area contributed by atoms with Crippen LogP contribution in [0.2, 0.25) is 0 Å². The van der Waals surface area contributed by atoms with Gasteiger partial charge in [-0.05, 0) is 52.6 Å². The van der Waals surface area contributed by atoms with E-state index in [4.69, 9.17) is 45.9 Å². The molecule has 2 unspecified atom stereocenters. The highest BCUT2D eigenvalue weighted by Crippen LogP contribution is 2.71. The topological polar surface area (TPSA) is 217 Å². The van der Waals surface area contributed by atoms with Crippen molar-refractivity contribution in [2.45, 2.75) is 50.5 Å². The first-order chi connectivity index (χ1) is 35.1. The molecular formula is C51H55NO17P4. The summed E-state index contributed by atoms with van der Waals surface area (Å²) in [7, 11) is -13.7. The number of ether oxygens (including phenoxy) is 3. The number of aromatic nitrogens is 1. The molecule has 386 valence electrons. The van der Waals surface area contributed by atoms with E-state index in [1.54, 1.807) is 127 Å². The number of rotatable bonds is 26. The molecule has 0 N–H and O–H groups in total. The molecule has 0 amide bonds. The molecule has 2 heterocycles. The maximum absolute atomic E-state index is 15.4. The zero-order valence-corrected chi connectivity index (χ0v) is 43.7. The molecule has 1 fully saturated rings. The Labute approximate surface area is 422 Å². The summed E-state index contributed by atoms with van der Waals surface area (Å²) in [5.41, 5.74) is 1.64. The van der Waals surface area contributed by atoms with Crippen LogP contribution in [0.5, 0.6) is 0 Å². The fourth-order valence-corrected chi connectivity index (χ4v) is 17.7. The molecule has 0 saturated carbocycles. The predicted molar refractivity (Wildman–Crippen MR) is 270 cm³/mol. The number of carbonyl (C=O) groups is 2. The zero-order chi connectivity index (χ0) is 51.9. The standard InChI is InChI=1S/C51H55NO17P4/c1-60-71(57,61-2)36-42-29-30-52(46(53)31-42)49-48(69-51(55)44-27-17-8-18-28-44)47(68-50(54)43-25-15-7-16-26-43)45(67-49)35-66-72(58,62-3)37-70(56,63-32-39-19-9-4-10-20-39)38-73(59,64-33-40-21-11-5-12-22-40)65-34-41-23-13-6-14-24-41/h4-31,45,47-49H,32-38H2,1-3H3/t45-,47-,48-,49-,70?,72?/m1/s1. The van der Waals surface area contributed by atoms with Gasteiger partial charge in [0.25, 0.3) is 5.56 Å². The van der Waals surface area contributed by atoms with Crippen LogP contribution in [-0.4, -0.2) is 74.6 Å². The van der Waals surface area contributed by atoms with Crippen LogP contribution in [0.3, 0.4) is 0 Å². The van der Waals surface area contributed by atoms with E-state index in [9.17, 15) is 28.1 Å². The number of hydrogen-bond donors (Lipinski definition) is 0. The number of hydrogen-bond acceptors (Lipinski definition) is 17. The Kier molecular flexibility index (Phi) is 19.5. The molecule has 22 heteroatoms. The Bertz CT molecular complexity index is 2950. The maximum Gasteiger partial charge on any atom is 0.340 e. The van der Waals surface area contributed by atoms with Crippen molar-refractivity contribution in [3.8, 4) is 0 Å². The Morgan fingerprint density at radius 2 is 0.932 bits per heavy atom. The van der Waals surface area contributed by atoms with Gasteiger partial charge in [0.15, 0.2) is 18.4 Å². The molecule has 6 aromatic rings. The van der Waals surface area contributed by atoms with Gasteiger partial charge in [0.05, 0.1) is 43.7 Å². The summed E-state index contributed by atoms with van der Waals surface area (Å²) < 4.78 is 118. The lowest BCUT2D eigenvalue weighted by molar-refractivity contribution is -0.0581. The minimum Gasteiger partial charge on any atom is -0.452 e. The second-order valence-corrected chi connectivity index (χ2v) is 26.5. The van der Waals surface area contributed by atoms with Crippen molar-refractivity contribution >= 4 is 42.1 Å². The smallest absolute Gasteiger partial charge is 0.340 e. The number of carbonyl (C=O) groups excluding carboxylic acids is 2. The normalized spacial score (nSPS) is 18.6. The molecule has 1 saturated heterocycles. The lowest BCUT2D eigenvalue weighted by Gasteiger charge is -2.28. The van der Waals surface area contributed by atoms with E-state index < -0.39 is 90.6 Å². The molecule has 5 aromatic carbocycles. The van der Waals surface area contributed by atoms with Gasteiger partial charge in [-0.2, -0.15) is 0 Å². The monoisotopic (exact) mass is 1080 g/mol. The number of nitrogens with zero attached hydrogens (tertiary/aromatic N) is 1. The van der Waals surface area contributed by atoms with Gasteiger partial charge in [-0.15, -0.1) is 0 Å². The Hall–Kier alpha value is -5.41. The number of benzene rings is 5. The number of esters is 2. The lowest BCUT2D eigenvalue weighted by Crippen LogP contribution is -2.42. The van der Waals surface area contributed by atoms with Crippen LogP contribution in [0.25, 0.3) is 0 Å². The lowest BCUT2D eigenvalue weighted by atomic mass is 10.1. The first-order valence-corrected chi connectivity index (χ1v) is 29.9. The SMILES string of the molecule is COP(=O)(Cc1ccn([C@@H]2O[C@H](COP(=O)(CP(=O)(CP(=O)(OCc3ccccc3)OCc3ccccc3)OCc3ccccc3)OC)[C@@H](OC(=O)c3ccccc3)[C@H]2OC(=O)c2ccccc2)c(=O)c1)OC. The van der Waals surface area contributed by atoms with Gasteiger partial charge in [-0.25, -0.2) is 9.59 Å². The minimum absolute atomic E-state index is 0.105. The molecule has 0 radical (unpaired) electrons. The molecule has 18 nitrogen and oxygen atoms in total. The Morgan fingerprint density at radius 1 is 0.507 bits per heavy atom. The molecule has 73 heavy (non-hydrogen) atoms. The van der Waals surface area contributed by atoms with Crippen molar-refractivity contribution in [2.24, 2.45) is 0 Å². The highest BCUT2D eigenvalue weighted by atomic mass is 31.3. The van der Waals surface area contributed by atoms with Crippen LogP contribution < -0.4 is 5.56 Å². The van der Waals surface area contributed by atoms with Crippen molar-refractivity contribution < 1.29 is 73.7 Å². The van der Waals surface area contributed by atoms with Crippen molar-refractivity contribution in [3.63, 3.8) is 0 Å². The molecular weight excluding hydrogens is 1020 g/mol. The summed E-state index contributed by atoms with van der Waals surface area (Å²) >= 11 is 0. The summed E-state index contributed by atoms with van der Waals surface area (Å²) in [6.07, 6.45) is -5.14. The van der Waals surface area contributed by atoms with Gasteiger partial charge in [-0.3, -0.25) is 27.6 Å². The van der Waals surface area contributed by atoms with E-state index in [1.165, 1.54) is 50.7 Å². The van der Waals surface area contributed by atoms with Crippen LogP contribution >= 0.6 is 30.2 Å². The van der Waals surface area contributed by atoms with Crippen molar-refractivity contribution in [2.75, 3.05) is 39.7 Å². The molecule has 0 spiro atoms. The summed E-state index contributed by atoms with van der Waals surface area (Å²) in [5.74, 6) is -3.57. The van der Waals surface area contributed by atoms with E-state index in [2.05, 4.69) is 0 Å². The number of pyridine rings is 1. The Morgan fingerprint density at radius 3 is 1.38 bits per heavy atom. The highest BCUT2D eigenvalue weighted by molar-refractivity contribution is 7.80. The summed E-state index contributed by atoms with van der Waals surface area (Å²) in [6.45, 7) is -1.43. The van der Waals surface area contributed by atoms with E-state index in [1.807, 2.05) is 0 Å². The molecule has 0 bridgehead atoms. The average molecular weight is 1080 g/mol. The van der Waals surface area contributed by atoms with Crippen LogP contribution in [0.1, 0.15) is 49.2 Å². The quantitative estimate of drug-likeness (QED) is 0.0364. The highest BCUT2D eigenvalue weighted by Gasteiger charge is 2.53. The molecule has 7 rings (SSSR count). The molecule has 1 aliphatic heterocycles. The third kappa shape index (κ3) is 15.6. The summed E-state index contributed by atoms with van der Waals surface area (Å²) in [4.78, 5) is 41.7. The van der Waals surface area contributed by atoms with Crippen molar-refractivity contribution in [1.82, 2.24) is 4.57 Å². The maximum atomic E-state index is 15.4. The van der Waals surface area contributed by atoms with Crippen LogP contribution in [0.4, 0.5) is 0 Å². The van der Waals surface area contributed by atoms with Gasteiger partial charge in [0.2, 0.25) is 7.37 Å². The molecule has 1 aliphatic rings. The van der Waals surface area contributed by atoms with Crippen LogP contribution in [0.15, 0.2) is 175 Å². The molecule has 1 aromatic heterocycles. The van der Waals surface area contributed by atoms with E-state index in [0.29, 0.717) is 16.7 Å². The first kappa shape index (κ1) is 55.3. The van der Waals surface area contributed by atoms with E-state index in [0.717, 1.165) is 17.7 Å². The second-order valence-electron chi connectivity index (χ2n) is 16.5. The summed E-state index contributed by atoms with van der Waals surface area (Å²) in [6, 6.07) is 44.8. The van der Waals surface area contributed by atoms with Gasteiger partial charge in [0, 0.05) is 33.6 Å². The first-order valence-electron chi connectivity index (χ1n) is 22.7. The summed E-state index contributed by atoms with van der Waals surface area (Å²) in [5, 5.41) is 0. The van der Waals surface area contributed by atoms with Gasteiger partial charge >= 0.3 is 34.7 Å². The van der Waals surface area contributed by atoms with Gasteiger partial charge < -0.3 is 45.9 Å². The van der Waals surface area contributed by atoms with E-state index in [-0.39, 0.29) is 42.7 Å². The second kappa shape index (κ2) is 25.7. The fourth-order valence-electron chi connectivity index (χ4n) is 7.50.